The molecule has 1 aromatic rings. The van der Waals surface area contributed by atoms with Gasteiger partial charge in [0, 0.05) is 13.2 Å². The molecular weight excluding hydrogens is 208 g/mol. The van der Waals surface area contributed by atoms with Crippen LogP contribution in [-0.2, 0) is 17.9 Å². The summed E-state index contributed by atoms with van der Waals surface area (Å²) in [4.78, 5) is 11.0. The zero-order valence-electron chi connectivity index (χ0n) is 9.77. The summed E-state index contributed by atoms with van der Waals surface area (Å²) in [7, 11) is 0. The Kier molecular flexibility index (Phi) is 4.98. The number of aromatic carboxylic acids is 1. The number of unbranched alkanes of at least 4 members (excludes halogenated alkanes) is 1. The van der Waals surface area contributed by atoms with Crippen molar-refractivity contribution in [1.29, 1.82) is 0 Å². The highest BCUT2D eigenvalue weighted by Gasteiger charge is 2.16. The van der Waals surface area contributed by atoms with E-state index in [1.54, 1.807) is 4.68 Å². The topological polar surface area (TPSA) is 64.4 Å². The number of ether oxygens (including phenoxy) is 1. The Balaban J connectivity index is 2.85. The maximum atomic E-state index is 11.0. The number of carboxylic acids is 1. The first kappa shape index (κ1) is 12.7. The largest absolute Gasteiger partial charge is 0.478 e. The Morgan fingerprint density at radius 1 is 1.56 bits per heavy atom. The third kappa shape index (κ3) is 3.06. The maximum Gasteiger partial charge on any atom is 0.339 e. The van der Waals surface area contributed by atoms with Crippen LogP contribution in [0.5, 0.6) is 0 Å². The molecule has 0 bridgehead atoms. The van der Waals surface area contributed by atoms with Crippen molar-refractivity contribution in [2.75, 3.05) is 6.61 Å². The lowest BCUT2D eigenvalue weighted by Gasteiger charge is -2.07. The summed E-state index contributed by atoms with van der Waals surface area (Å²) in [5.41, 5.74) is 0.896. The Morgan fingerprint density at radius 2 is 2.31 bits per heavy atom. The molecule has 0 saturated heterocycles. The Labute approximate surface area is 95.0 Å². The van der Waals surface area contributed by atoms with E-state index in [0.29, 0.717) is 18.9 Å². The molecule has 1 rings (SSSR count). The number of aryl methyl sites for hydroxylation is 1. The third-order valence-electron chi connectivity index (χ3n) is 2.35. The lowest BCUT2D eigenvalue weighted by Crippen LogP contribution is -2.10. The van der Waals surface area contributed by atoms with Gasteiger partial charge >= 0.3 is 5.97 Å². The van der Waals surface area contributed by atoms with Crippen molar-refractivity contribution >= 4 is 5.97 Å². The summed E-state index contributed by atoms with van der Waals surface area (Å²) >= 11 is 0. The van der Waals surface area contributed by atoms with Crippen molar-refractivity contribution < 1.29 is 14.6 Å². The highest BCUT2D eigenvalue weighted by atomic mass is 16.5. The van der Waals surface area contributed by atoms with Gasteiger partial charge in [-0.15, -0.1) is 0 Å². The molecule has 1 aromatic heterocycles. The summed E-state index contributed by atoms with van der Waals surface area (Å²) in [5, 5.41) is 13.1. The van der Waals surface area contributed by atoms with Crippen molar-refractivity contribution in [2.24, 2.45) is 0 Å². The molecule has 0 amide bonds. The van der Waals surface area contributed by atoms with E-state index >= 15 is 0 Å². The van der Waals surface area contributed by atoms with Gasteiger partial charge in [-0.2, -0.15) is 5.10 Å². The van der Waals surface area contributed by atoms with Crippen LogP contribution in [0.25, 0.3) is 0 Å². The fraction of sp³-hybridized carbons (Fsp3) is 0.636. The van der Waals surface area contributed by atoms with E-state index in [0.717, 1.165) is 19.4 Å². The van der Waals surface area contributed by atoms with Crippen LogP contribution in [0.4, 0.5) is 0 Å². The molecule has 0 atom stereocenters. The Bertz CT molecular complexity index is 347. The minimum absolute atomic E-state index is 0.240. The number of hydrogen-bond donors (Lipinski definition) is 1. The zero-order valence-corrected chi connectivity index (χ0v) is 9.77. The van der Waals surface area contributed by atoms with Crippen LogP contribution in [-0.4, -0.2) is 27.5 Å². The van der Waals surface area contributed by atoms with Gasteiger partial charge in [-0.3, -0.25) is 4.68 Å². The zero-order chi connectivity index (χ0) is 12.0. The quantitative estimate of drug-likeness (QED) is 0.771. The Morgan fingerprint density at radius 3 is 2.88 bits per heavy atom. The molecule has 5 nitrogen and oxygen atoms in total. The summed E-state index contributed by atoms with van der Waals surface area (Å²) in [6.45, 7) is 5.59. The van der Waals surface area contributed by atoms with Crippen molar-refractivity contribution in [3.05, 3.63) is 17.5 Å². The lowest BCUT2D eigenvalue weighted by atomic mass is 10.2. The van der Waals surface area contributed by atoms with Crippen molar-refractivity contribution in [2.45, 2.75) is 39.8 Å². The minimum Gasteiger partial charge on any atom is -0.478 e. The molecule has 0 radical (unpaired) electrons. The first-order valence-electron chi connectivity index (χ1n) is 5.56. The SMILES string of the molecule is CCCCn1ncc(C(=O)O)c1COCC. The molecule has 1 N–H and O–H groups in total. The molecule has 0 spiro atoms. The standard InChI is InChI=1S/C11H18N2O3/c1-3-5-6-13-10(8-16-4-2)9(7-12-13)11(14)15/h7H,3-6,8H2,1-2H3,(H,14,15). The summed E-state index contributed by atoms with van der Waals surface area (Å²) < 4.78 is 6.99. The molecule has 0 unspecified atom stereocenters. The van der Waals surface area contributed by atoms with Gasteiger partial charge in [0.05, 0.1) is 18.5 Å². The summed E-state index contributed by atoms with van der Waals surface area (Å²) in [6.07, 6.45) is 3.43. The van der Waals surface area contributed by atoms with Gasteiger partial charge in [-0.25, -0.2) is 4.79 Å². The van der Waals surface area contributed by atoms with E-state index in [1.165, 1.54) is 6.20 Å². The number of carbonyl (C=O) groups is 1. The van der Waals surface area contributed by atoms with Gasteiger partial charge in [-0.05, 0) is 13.3 Å². The monoisotopic (exact) mass is 226 g/mol. The molecule has 0 saturated carbocycles. The van der Waals surface area contributed by atoms with Gasteiger partial charge < -0.3 is 9.84 Å². The number of hydrogen-bond acceptors (Lipinski definition) is 3. The second-order valence-corrected chi connectivity index (χ2v) is 3.52. The van der Waals surface area contributed by atoms with Crippen molar-refractivity contribution in [1.82, 2.24) is 9.78 Å². The van der Waals surface area contributed by atoms with Crippen LogP contribution in [0.1, 0.15) is 42.7 Å². The van der Waals surface area contributed by atoms with E-state index in [9.17, 15) is 4.79 Å². The first-order chi connectivity index (χ1) is 7.70. The summed E-state index contributed by atoms with van der Waals surface area (Å²) in [6, 6.07) is 0. The molecule has 1 heterocycles. The van der Waals surface area contributed by atoms with Gasteiger partial charge in [0.15, 0.2) is 0 Å². The van der Waals surface area contributed by atoms with Gasteiger partial charge in [0.25, 0.3) is 0 Å². The molecule has 0 aliphatic heterocycles. The average Bonchev–Trinajstić information content (AvgIpc) is 2.66. The van der Waals surface area contributed by atoms with E-state index < -0.39 is 5.97 Å². The molecule has 16 heavy (non-hydrogen) atoms. The van der Waals surface area contributed by atoms with Crippen LogP contribution in [0.15, 0.2) is 6.20 Å². The predicted octanol–water partition coefficient (Wildman–Crippen LogP) is 1.92. The molecule has 0 fully saturated rings. The molecule has 0 aromatic carbocycles. The fourth-order valence-corrected chi connectivity index (χ4v) is 1.44. The molecule has 5 heteroatoms. The second kappa shape index (κ2) is 6.27. The van der Waals surface area contributed by atoms with Crippen molar-refractivity contribution in [3.8, 4) is 0 Å². The second-order valence-electron chi connectivity index (χ2n) is 3.52. The van der Waals surface area contributed by atoms with Gasteiger partial charge in [-0.1, -0.05) is 13.3 Å². The van der Waals surface area contributed by atoms with E-state index in [1.807, 2.05) is 6.92 Å². The van der Waals surface area contributed by atoms with E-state index in [-0.39, 0.29) is 5.56 Å². The number of rotatable bonds is 7. The van der Waals surface area contributed by atoms with Crippen LogP contribution >= 0.6 is 0 Å². The lowest BCUT2D eigenvalue weighted by molar-refractivity contribution is 0.0687. The van der Waals surface area contributed by atoms with Crippen LogP contribution in [0.3, 0.4) is 0 Å². The minimum atomic E-state index is -0.947. The molecule has 0 aliphatic carbocycles. The highest BCUT2D eigenvalue weighted by molar-refractivity contribution is 5.88. The Hall–Kier alpha value is -1.36. The first-order valence-corrected chi connectivity index (χ1v) is 5.56. The normalized spacial score (nSPS) is 10.6. The average molecular weight is 226 g/mol. The number of aromatic nitrogens is 2. The van der Waals surface area contributed by atoms with Gasteiger partial charge in [0.1, 0.15) is 5.56 Å². The molecule has 0 aliphatic rings. The maximum absolute atomic E-state index is 11.0. The fourth-order valence-electron chi connectivity index (χ4n) is 1.44. The van der Waals surface area contributed by atoms with Crippen molar-refractivity contribution in [3.63, 3.8) is 0 Å². The van der Waals surface area contributed by atoms with Crippen LogP contribution in [0.2, 0.25) is 0 Å². The van der Waals surface area contributed by atoms with Crippen LogP contribution < -0.4 is 0 Å². The summed E-state index contributed by atoms with van der Waals surface area (Å²) in [5.74, 6) is -0.947. The van der Waals surface area contributed by atoms with E-state index in [4.69, 9.17) is 9.84 Å². The smallest absolute Gasteiger partial charge is 0.339 e. The molecule has 90 valence electrons. The van der Waals surface area contributed by atoms with Crippen LogP contribution in [0, 0.1) is 0 Å². The molecular formula is C11H18N2O3. The highest BCUT2D eigenvalue weighted by Crippen LogP contribution is 2.11. The van der Waals surface area contributed by atoms with Gasteiger partial charge in [0.2, 0.25) is 0 Å². The third-order valence-corrected chi connectivity index (χ3v) is 2.35. The number of carboxylic acid groups (broad SMARTS) is 1. The predicted molar refractivity (Wildman–Crippen MR) is 59.4 cm³/mol. The van der Waals surface area contributed by atoms with E-state index in [2.05, 4.69) is 12.0 Å². The number of nitrogens with zero attached hydrogens (tertiary/aromatic N) is 2.